The molecule has 1 aliphatic carbocycles. The molecule has 0 aliphatic heterocycles. The fourth-order valence-electron chi connectivity index (χ4n) is 3.09. The quantitative estimate of drug-likeness (QED) is 0.704. The van der Waals surface area contributed by atoms with Crippen molar-refractivity contribution < 1.29 is 23.9 Å². The Morgan fingerprint density at radius 2 is 1.68 bits per heavy atom. The van der Waals surface area contributed by atoms with Crippen molar-refractivity contribution in [1.82, 2.24) is 5.32 Å². The third kappa shape index (κ3) is 6.17. The molecule has 0 spiro atoms. The molecule has 136 valence electrons. The number of carbonyl (C=O) groups excluding carboxylic acids is 2. The molecule has 0 radical (unpaired) electrons. The van der Waals surface area contributed by atoms with Gasteiger partial charge in [-0.3, -0.25) is 14.4 Å². The summed E-state index contributed by atoms with van der Waals surface area (Å²) in [6.45, 7) is 0.329. The van der Waals surface area contributed by atoms with Crippen molar-refractivity contribution in [1.29, 1.82) is 0 Å². The summed E-state index contributed by atoms with van der Waals surface area (Å²) in [5.41, 5.74) is 0.471. The summed E-state index contributed by atoms with van der Waals surface area (Å²) >= 11 is 0. The summed E-state index contributed by atoms with van der Waals surface area (Å²) in [6, 6.07) is 5.38. The molecule has 25 heavy (non-hydrogen) atoms. The molecular weight excluding hydrogens is 327 g/mol. The van der Waals surface area contributed by atoms with E-state index in [0.717, 1.165) is 19.3 Å². The molecule has 1 aromatic carbocycles. The van der Waals surface area contributed by atoms with Gasteiger partial charge in [-0.2, -0.15) is 0 Å². The molecule has 6 nitrogen and oxygen atoms in total. The van der Waals surface area contributed by atoms with Gasteiger partial charge in [-0.25, -0.2) is 4.39 Å². The van der Waals surface area contributed by atoms with Crippen molar-refractivity contribution in [3.05, 3.63) is 30.1 Å². The van der Waals surface area contributed by atoms with E-state index in [-0.39, 0.29) is 36.4 Å². The van der Waals surface area contributed by atoms with E-state index < -0.39 is 11.9 Å². The number of nitrogens with one attached hydrogen (secondary N) is 2. The Bertz CT molecular complexity index is 618. The maximum atomic E-state index is 12.8. The van der Waals surface area contributed by atoms with Crippen LogP contribution in [0, 0.1) is 17.7 Å². The van der Waals surface area contributed by atoms with Crippen LogP contribution in [-0.2, 0) is 14.4 Å². The first-order valence-electron chi connectivity index (χ1n) is 8.50. The summed E-state index contributed by atoms with van der Waals surface area (Å²) in [5, 5.41) is 14.5. The molecular formula is C18H23FN2O4. The van der Waals surface area contributed by atoms with Gasteiger partial charge in [-0.15, -0.1) is 0 Å². The predicted octanol–water partition coefficient (Wildman–Crippen LogP) is 2.55. The number of benzene rings is 1. The van der Waals surface area contributed by atoms with E-state index in [4.69, 9.17) is 0 Å². The number of rotatable bonds is 7. The number of anilines is 1. The summed E-state index contributed by atoms with van der Waals surface area (Å²) in [6.07, 6.45) is 3.36. The first-order valence-corrected chi connectivity index (χ1v) is 8.50. The highest BCUT2D eigenvalue weighted by atomic mass is 19.1. The monoisotopic (exact) mass is 350 g/mol. The van der Waals surface area contributed by atoms with Gasteiger partial charge in [0.05, 0.1) is 5.92 Å². The third-order valence-electron chi connectivity index (χ3n) is 4.49. The van der Waals surface area contributed by atoms with Crippen LogP contribution < -0.4 is 10.6 Å². The van der Waals surface area contributed by atoms with E-state index in [1.54, 1.807) is 0 Å². The molecule has 1 fully saturated rings. The molecule has 1 saturated carbocycles. The number of aliphatic carboxylic acids is 1. The van der Waals surface area contributed by atoms with Crippen LogP contribution in [0.1, 0.15) is 38.5 Å². The highest BCUT2D eigenvalue weighted by molar-refractivity contribution is 5.93. The van der Waals surface area contributed by atoms with E-state index in [1.807, 2.05) is 0 Å². The second-order valence-corrected chi connectivity index (χ2v) is 6.35. The Kier molecular flexibility index (Phi) is 6.91. The minimum atomic E-state index is -0.808. The SMILES string of the molecule is O=C(CCC(=O)Nc1ccc(F)cc1)NC[C@@H]1CCCC[C@@H]1C(=O)O. The van der Waals surface area contributed by atoms with Crippen molar-refractivity contribution in [2.24, 2.45) is 11.8 Å². The Morgan fingerprint density at radius 1 is 1.04 bits per heavy atom. The molecule has 2 rings (SSSR count). The molecule has 0 unspecified atom stereocenters. The van der Waals surface area contributed by atoms with Crippen LogP contribution >= 0.6 is 0 Å². The van der Waals surface area contributed by atoms with Crippen LogP contribution in [0.5, 0.6) is 0 Å². The zero-order chi connectivity index (χ0) is 18.2. The van der Waals surface area contributed by atoms with E-state index in [9.17, 15) is 23.9 Å². The maximum Gasteiger partial charge on any atom is 0.306 e. The normalized spacial score (nSPS) is 19.9. The van der Waals surface area contributed by atoms with Crippen LogP contribution in [0.4, 0.5) is 10.1 Å². The lowest BCUT2D eigenvalue weighted by atomic mass is 9.79. The smallest absolute Gasteiger partial charge is 0.306 e. The minimum absolute atomic E-state index is 0.0102. The largest absolute Gasteiger partial charge is 0.481 e. The zero-order valence-corrected chi connectivity index (χ0v) is 14.0. The summed E-state index contributed by atoms with van der Waals surface area (Å²) in [7, 11) is 0. The van der Waals surface area contributed by atoms with Crippen molar-refractivity contribution in [3.63, 3.8) is 0 Å². The van der Waals surface area contributed by atoms with Gasteiger partial charge in [0.25, 0.3) is 0 Å². The van der Waals surface area contributed by atoms with Crippen molar-refractivity contribution in [2.75, 3.05) is 11.9 Å². The average Bonchev–Trinajstić information content (AvgIpc) is 2.60. The minimum Gasteiger partial charge on any atom is -0.481 e. The number of carboxylic acids is 1. The standard InChI is InChI=1S/C18H23FN2O4/c19-13-5-7-14(8-6-13)21-17(23)10-9-16(22)20-11-12-3-1-2-4-15(12)18(24)25/h5-8,12,15H,1-4,9-11H2,(H,20,22)(H,21,23)(H,24,25)/t12-,15-/m0/s1. The molecule has 2 atom stereocenters. The molecule has 0 bridgehead atoms. The Balaban J connectivity index is 1.70. The van der Waals surface area contributed by atoms with E-state index >= 15 is 0 Å². The first-order chi connectivity index (χ1) is 12.0. The fourth-order valence-corrected chi connectivity index (χ4v) is 3.09. The molecule has 0 aromatic heterocycles. The molecule has 1 aliphatic rings. The van der Waals surface area contributed by atoms with Crippen LogP contribution in [-0.4, -0.2) is 29.4 Å². The molecule has 1 aromatic rings. The van der Waals surface area contributed by atoms with E-state index in [0.29, 0.717) is 18.7 Å². The average molecular weight is 350 g/mol. The van der Waals surface area contributed by atoms with Gasteiger partial charge in [0.2, 0.25) is 11.8 Å². The van der Waals surface area contributed by atoms with Gasteiger partial charge >= 0.3 is 5.97 Å². The maximum absolute atomic E-state index is 12.8. The van der Waals surface area contributed by atoms with Crippen molar-refractivity contribution in [3.8, 4) is 0 Å². The van der Waals surface area contributed by atoms with Gasteiger partial charge in [-0.05, 0) is 43.0 Å². The van der Waals surface area contributed by atoms with Crippen molar-refractivity contribution in [2.45, 2.75) is 38.5 Å². The predicted molar refractivity (Wildman–Crippen MR) is 90.4 cm³/mol. The van der Waals surface area contributed by atoms with Crippen LogP contribution in [0.25, 0.3) is 0 Å². The summed E-state index contributed by atoms with van der Waals surface area (Å²) in [4.78, 5) is 34.9. The van der Waals surface area contributed by atoms with Crippen LogP contribution in [0.3, 0.4) is 0 Å². The van der Waals surface area contributed by atoms with Crippen LogP contribution in [0.2, 0.25) is 0 Å². The van der Waals surface area contributed by atoms with Gasteiger partial charge in [0, 0.05) is 25.1 Å². The summed E-state index contributed by atoms with van der Waals surface area (Å²) in [5.74, 6) is -2.26. The van der Waals surface area contributed by atoms with Crippen LogP contribution in [0.15, 0.2) is 24.3 Å². The van der Waals surface area contributed by atoms with Gasteiger partial charge in [0.1, 0.15) is 5.82 Å². The number of halogens is 1. The Labute approximate surface area is 145 Å². The summed E-state index contributed by atoms with van der Waals surface area (Å²) < 4.78 is 12.8. The number of amides is 2. The van der Waals surface area contributed by atoms with Gasteiger partial charge in [0.15, 0.2) is 0 Å². The topological polar surface area (TPSA) is 95.5 Å². The molecule has 7 heteroatoms. The van der Waals surface area contributed by atoms with Crippen molar-refractivity contribution >= 4 is 23.5 Å². The lowest BCUT2D eigenvalue weighted by Crippen LogP contribution is -2.37. The number of carboxylic acid groups (broad SMARTS) is 1. The number of hydrogen-bond donors (Lipinski definition) is 3. The van der Waals surface area contributed by atoms with E-state index in [1.165, 1.54) is 24.3 Å². The first kappa shape index (κ1) is 18.9. The molecule has 0 heterocycles. The fraction of sp³-hybridized carbons (Fsp3) is 0.500. The lowest BCUT2D eigenvalue weighted by Gasteiger charge is -2.28. The van der Waals surface area contributed by atoms with Gasteiger partial charge < -0.3 is 15.7 Å². The molecule has 3 N–H and O–H groups in total. The lowest BCUT2D eigenvalue weighted by molar-refractivity contribution is -0.145. The second kappa shape index (κ2) is 9.15. The third-order valence-corrected chi connectivity index (χ3v) is 4.49. The van der Waals surface area contributed by atoms with E-state index in [2.05, 4.69) is 10.6 Å². The highest BCUT2D eigenvalue weighted by Crippen LogP contribution is 2.29. The highest BCUT2D eigenvalue weighted by Gasteiger charge is 2.30. The number of hydrogen-bond acceptors (Lipinski definition) is 3. The number of carbonyl (C=O) groups is 3. The second-order valence-electron chi connectivity index (χ2n) is 6.35. The van der Waals surface area contributed by atoms with Gasteiger partial charge in [-0.1, -0.05) is 12.8 Å². The zero-order valence-electron chi connectivity index (χ0n) is 14.0. The Morgan fingerprint density at radius 3 is 2.36 bits per heavy atom. The Hall–Kier alpha value is -2.44. The molecule has 2 amide bonds. The molecule has 0 saturated heterocycles.